The van der Waals surface area contributed by atoms with E-state index >= 15 is 0 Å². The second-order valence-electron chi connectivity index (χ2n) is 8.46. The zero-order valence-corrected chi connectivity index (χ0v) is 20.1. The van der Waals surface area contributed by atoms with Crippen molar-refractivity contribution in [3.8, 4) is 11.5 Å². The van der Waals surface area contributed by atoms with Crippen LogP contribution in [0.2, 0.25) is 0 Å². The zero-order valence-electron chi connectivity index (χ0n) is 18.5. The summed E-state index contributed by atoms with van der Waals surface area (Å²) in [6.45, 7) is 1.32. The van der Waals surface area contributed by atoms with Gasteiger partial charge in [-0.3, -0.25) is 14.2 Å². The van der Waals surface area contributed by atoms with Crippen molar-refractivity contribution >= 4 is 44.5 Å². The predicted molar refractivity (Wildman–Crippen MR) is 133 cm³/mol. The van der Waals surface area contributed by atoms with Crippen LogP contribution in [0.5, 0.6) is 11.5 Å². The Bertz CT molecular complexity index is 1420. The van der Waals surface area contributed by atoms with Crippen molar-refractivity contribution in [2.45, 2.75) is 38.8 Å². The van der Waals surface area contributed by atoms with Gasteiger partial charge in [0.05, 0.1) is 18.3 Å². The van der Waals surface area contributed by atoms with Crippen LogP contribution < -0.4 is 19.9 Å². The minimum atomic E-state index is -0.183. The van der Waals surface area contributed by atoms with E-state index in [-0.39, 0.29) is 18.0 Å². The van der Waals surface area contributed by atoms with Crippen molar-refractivity contribution in [3.05, 3.63) is 67.7 Å². The first-order valence-corrected chi connectivity index (χ1v) is 13.1. The van der Waals surface area contributed by atoms with Crippen LogP contribution in [0.3, 0.4) is 0 Å². The number of hydrogen-bond donors (Lipinski definition) is 0. The number of benzene rings is 1. The molecule has 9 heteroatoms. The Kier molecular flexibility index (Phi) is 5.58. The minimum absolute atomic E-state index is 0.0772. The number of fused-ring (bicyclic) bond motifs is 4. The molecule has 0 bridgehead atoms. The summed E-state index contributed by atoms with van der Waals surface area (Å²) in [7, 11) is 0. The fourth-order valence-corrected chi connectivity index (χ4v) is 6.52. The minimum Gasteiger partial charge on any atom is -0.486 e. The molecule has 4 heterocycles. The van der Waals surface area contributed by atoms with Crippen LogP contribution in [-0.2, 0) is 30.7 Å². The Labute approximate surface area is 204 Å². The number of nitrogens with zero attached hydrogens (tertiary/aromatic N) is 3. The number of ether oxygens (including phenoxy) is 2. The standard InChI is InChI=1S/C25H23N3O4S2/c29-22(14-27-15-26-24-23(25(27)30)18-5-1-2-6-21(18)34-24)28(13-17-4-3-11-33-17)16-7-8-19-20(12-16)32-10-9-31-19/h3-4,7-8,11-12,15H,1-2,5-6,9-10,13-14H2. The third kappa shape index (κ3) is 3.88. The lowest BCUT2D eigenvalue weighted by Gasteiger charge is -2.25. The maximum absolute atomic E-state index is 13.6. The van der Waals surface area contributed by atoms with Crippen molar-refractivity contribution in [3.63, 3.8) is 0 Å². The molecule has 4 aromatic rings. The van der Waals surface area contributed by atoms with E-state index in [4.69, 9.17) is 9.47 Å². The van der Waals surface area contributed by atoms with Crippen LogP contribution in [0, 0.1) is 0 Å². The Morgan fingerprint density at radius 3 is 2.82 bits per heavy atom. The quantitative estimate of drug-likeness (QED) is 0.412. The number of amides is 1. The molecule has 0 unspecified atom stereocenters. The van der Waals surface area contributed by atoms with Gasteiger partial charge in [-0.25, -0.2) is 4.98 Å². The maximum atomic E-state index is 13.6. The highest BCUT2D eigenvalue weighted by molar-refractivity contribution is 7.18. The first-order valence-electron chi connectivity index (χ1n) is 11.4. The molecule has 0 atom stereocenters. The van der Waals surface area contributed by atoms with Gasteiger partial charge in [-0.15, -0.1) is 22.7 Å². The molecule has 6 rings (SSSR count). The van der Waals surface area contributed by atoms with Crippen LogP contribution >= 0.6 is 22.7 Å². The lowest BCUT2D eigenvalue weighted by atomic mass is 9.97. The number of anilines is 1. The van der Waals surface area contributed by atoms with Gasteiger partial charge in [0.2, 0.25) is 5.91 Å². The van der Waals surface area contributed by atoms with E-state index in [1.807, 2.05) is 35.7 Å². The summed E-state index contributed by atoms with van der Waals surface area (Å²) in [5.41, 5.74) is 1.71. The molecule has 0 fully saturated rings. The third-order valence-electron chi connectivity index (χ3n) is 6.28. The molecule has 34 heavy (non-hydrogen) atoms. The second kappa shape index (κ2) is 8.88. The molecule has 0 saturated carbocycles. The summed E-state index contributed by atoms with van der Waals surface area (Å²) < 4.78 is 12.8. The van der Waals surface area contributed by atoms with Crippen molar-refractivity contribution in [1.29, 1.82) is 0 Å². The smallest absolute Gasteiger partial charge is 0.262 e. The van der Waals surface area contributed by atoms with Crippen LogP contribution in [0.15, 0.2) is 46.8 Å². The van der Waals surface area contributed by atoms with Gasteiger partial charge >= 0.3 is 0 Å². The highest BCUT2D eigenvalue weighted by Crippen LogP contribution is 2.35. The molecule has 2 aliphatic rings. The van der Waals surface area contributed by atoms with Gasteiger partial charge in [-0.2, -0.15) is 0 Å². The summed E-state index contributed by atoms with van der Waals surface area (Å²) in [5, 5.41) is 2.68. The summed E-state index contributed by atoms with van der Waals surface area (Å²) in [5.74, 6) is 1.11. The molecule has 1 amide bonds. The average Bonchev–Trinajstić information content (AvgIpc) is 3.51. The summed E-state index contributed by atoms with van der Waals surface area (Å²) in [4.78, 5) is 36.3. The van der Waals surface area contributed by atoms with E-state index in [1.54, 1.807) is 27.6 Å². The highest BCUT2D eigenvalue weighted by Gasteiger charge is 2.24. The van der Waals surface area contributed by atoms with E-state index in [9.17, 15) is 9.59 Å². The lowest BCUT2D eigenvalue weighted by Crippen LogP contribution is -2.36. The molecule has 1 aromatic carbocycles. The Balaban J connectivity index is 1.35. The maximum Gasteiger partial charge on any atom is 0.262 e. The van der Waals surface area contributed by atoms with E-state index in [0.717, 1.165) is 41.0 Å². The van der Waals surface area contributed by atoms with Gasteiger partial charge in [0, 0.05) is 21.5 Å². The van der Waals surface area contributed by atoms with Gasteiger partial charge in [0.25, 0.3) is 5.56 Å². The molecule has 174 valence electrons. The molecule has 0 saturated heterocycles. The van der Waals surface area contributed by atoms with Gasteiger partial charge in [-0.05, 0) is 54.8 Å². The van der Waals surface area contributed by atoms with Gasteiger partial charge < -0.3 is 14.4 Å². The number of aromatic nitrogens is 2. The first kappa shape index (κ1) is 21.4. The fourth-order valence-electron chi connectivity index (χ4n) is 4.61. The number of carbonyl (C=O) groups excluding carboxylic acids is 1. The number of hydrogen-bond acceptors (Lipinski definition) is 7. The Hall–Kier alpha value is -3.17. The summed E-state index contributed by atoms with van der Waals surface area (Å²) in [6, 6.07) is 9.49. The van der Waals surface area contributed by atoms with Crippen molar-refractivity contribution < 1.29 is 14.3 Å². The summed E-state index contributed by atoms with van der Waals surface area (Å²) in [6.07, 6.45) is 5.67. The summed E-state index contributed by atoms with van der Waals surface area (Å²) >= 11 is 3.21. The molecule has 7 nitrogen and oxygen atoms in total. The lowest BCUT2D eigenvalue weighted by molar-refractivity contribution is -0.119. The number of rotatable bonds is 5. The third-order valence-corrected chi connectivity index (χ3v) is 8.34. The Morgan fingerprint density at radius 1 is 1.12 bits per heavy atom. The van der Waals surface area contributed by atoms with E-state index in [2.05, 4.69) is 4.98 Å². The predicted octanol–water partition coefficient (Wildman–Crippen LogP) is 4.40. The zero-order chi connectivity index (χ0) is 23.1. The van der Waals surface area contributed by atoms with Crippen LogP contribution in [0.25, 0.3) is 10.2 Å². The number of thiophene rings is 2. The molecule has 0 radical (unpaired) electrons. The monoisotopic (exact) mass is 493 g/mol. The van der Waals surface area contributed by atoms with E-state index in [0.29, 0.717) is 42.3 Å². The molecular formula is C25H23N3O4S2. The van der Waals surface area contributed by atoms with Crippen LogP contribution in [0.1, 0.15) is 28.2 Å². The topological polar surface area (TPSA) is 73.7 Å². The van der Waals surface area contributed by atoms with Crippen molar-refractivity contribution in [2.75, 3.05) is 18.1 Å². The number of aryl methyl sites for hydroxylation is 2. The van der Waals surface area contributed by atoms with E-state index < -0.39 is 0 Å². The van der Waals surface area contributed by atoms with Gasteiger partial charge in [0.1, 0.15) is 24.6 Å². The molecular weight excluding hydrogens is 470 g/mol. The van der Waals surface area contributed by atoms with Crippen molar-refractivity contribution in [1.82, 2.24) is 9.55 Å². The van der Waals surface area contributed by atoms with Crippen molar-refractivity contribution in [2.24, 2.45) is 0 Å². The molecule has 0 spiro atoms. The molecule has 3 aromatic heterocycles. The van der Waals surface area contributed by atoms with Gasteiger partial charge in [0.15, 0.2) is 11.5 Å². The van der Waals surface area contributed by atoms with Crippen LogP contribution in [-0.4, -0.2) is 28.7 Å². The van der Waals surface area contributed by atoms with Gasteiger partial charge in [-0.1, -0.05) is 6.07 Å². The molecule has 1 aliphatic carbocycles. The normalized spacial score (nSPS) is 14.7. The van der Waals surface area contributed by atoms with E-state index in [1.165, 1.54) is 15.8 Å². The molecule has 0 N–H and O–H groups in total. The fraction of sp³-hybridized carbons (Fsp3) is 0.320. The largest absolute Gasteiger partial charge is 0.486 e. The number of carbonyl (C=O) groups is 1. The van der Waals surface area contributed by atoms with Crippen LogP contribution in [0.4, 0.5) is 5.69 Å². The molecule has 1 aliphatic heterocycles. The SMILES string of the molecule is O=C(Cn1cnc2sc3c(c2c1=O)CCCC3)N(Cc1cccs1)c1ccc2c(c1)OCCO2. The Morgan fingerprint density at radius 2 is 1.97 bits per heavy atom. The average molecular weight is 494 g/mol. The first-order chi connectivity index (χ1) is 16.7. The highest BCUT2D eigenvalue weighted by atomic mass is 32.1. The second-order valence-corrected chi connectivity index (χ2v) is 10.6.